The summed E-state index contributed by atoms with van der Waals surface area (Å²) >= 11 is 3.46. The van der Waals surface area contributed by atoms with Crippen LogP contribution < -0.4 is 9.62 Å². The predicted molar refractivity (Wildman–Crippen MR) is 95.6 cm³/mol. The number of anilines is 2. The minimum absolute atomic E-state index is 0.139. The number of nitrogens with one attached hydrogen (secondary N) is 1. The van der Waals surface area contributed by atoms with Gasteiger partial charge in [0.15, 0.2) is 0 Å². The molecule has 2 rings (SSSR count). The number of carbonyl (C=O) groups is 1. The molecule has 1 amide bonds. The van der Waals surface area contributed by atoms with Crippen LogP contribution in [0, 0.1) is 0 Å². The average Bonchev–Trinajstić information content (AvgIpc) is 2.53. The smallest absolute Gasteiger partial charge is 0.266 e. The van der Waals surface area contributed by atoms with Crippen molar-refractivity contribution in [3.63, 3.8) is 0 Å². The summed E-state index contributed by atoms with van der Waals surface area (Å²) < 4.78 is 21.7. The van der Waals surface area contributed by atoms with E-state index in [0.717, 1.165) is 4.31 Å². The molecular formula is C16H15ClN2O4S. The van der Waals surface area contributed by atoms with Gasteiger partial charge in [-0.25, -0.2) is 8.51 Å². The third-order valence-corrected chi connectivity index (χ3v) is 3.90. The Bertz CT molecular complexity index is 793. The van der Waals surface area contributed by atoms with Gasteiger partial charge < -0.3 is 10.4 Å². The van der Waals surface area contributed by atoms with Gasteiger partial charge in [-0.15, -0.1) is 0 Å². The monoisotopic (exact) mass is 366 g/mol. The summed E-state index contributed by atoms with van der Waals surface area (Å²) in [6.45, 7) is 1.68. The van der Waals surface area contributed by atoms with E-state index in [9.17, 15) is 18.7 Å². The van der Waals surface area contributed by atoms with Gasteiger partial charge in [0.05, 0.1) is 5.69 Å². The molecule has 0 fully saturated rings. The van der Waals surface area contributed by atoms with Crippen LogP contribution in [-0.2, 0) is 11.3 Å². The van der Waals surface area contributed by atoms with Crippen LogP contribution in [0.4, 0.5) is 11.4 Å². The van der Waals surface area contributed by atoms with E-state index < -0.39 is 17.2 Å². The van der Waals surface area contributed by atoms with E-state index in [4.69, 9.17) is 11.6 Å². The Morgan fingerprint density at radius 1 is 1.25 bits per heavy atom. The first-order chi connectivity index (χ1) is 11.4. The van der Waals surface area contributed by atoms with Crippen molar-refractivity contribution in [3.8, 4) is 5.75 Å². The highest BCUT2D eigenvalue weighted by Crippen LogP contribution is 2.25. The molecule has 3 N–H and O–H groups in total. The normalized spacial score (nSPS) is 12.1. The second-order valence-electron chi connectivity index (χ2n) is 4.74. The van der Waals surface area contributed by atoms with Gasteiger partial charge in [0.2, 0.25) is 0 Å². The number of hydrogen-bond donors (Lipinski definition) is 3. The fourth-order valence-corrected chi connectivity index (χ4v) is 2.59. The van der Waals surface area contributed by atoms with E-state index in [2.05, 4.69) is 5.32 Å². The Kier molecular flexibility index (Phi) is 5.97. The van der Waals surface area contributed by atoms with E-state index >= 15 is 0 Å². The Balaban J connectivity index is 2.31. The first-order valence-corrected chi connectivity index (χ1v) is 8.29. The number of amides is 1. The Morgan fingerprint density at radius 3 is 2.50 bits per heavy atom. The van der Waals surface area contributed by atoms with Crippen molar-refractivity contribution >= 4 is 40.1 Å². The van der Waals surface area contributed by atoms with Gasteiger partial charge in [-0.3, -0.25) is 9.35 Å². The first kappa shape index (κ1) is 18.0. The van der Waals surface area contributed by atoms with Crippen LogP contribution >= 0.6 is 11.6 Å². The third-order valence-electron chi connectivity index (χ3n) is 2.97. The van der Waals surface area contributed by atoms with E-state index in [1.807, 2.05) is 0 Å². The Labute approximate surface area is 146 Å². The molecule has 0 spiro atoms. The summed E-state index contributed by atoms with van der Waals surface area (Å²) in [4.78, 5) is 12.3. The molecule has 0 heterocycles. The van der Waals surface area contributed by atoms with Crippen LogP contribution in [0.15, 0.2) is 54.7 Å². The quantitative estimate of drug-likeness (QED) is 0.702. The lowest BCUT2D eigenvalue weighted by Gasteiger charge is -2.16. The zero-order chi connectivity index (χ0) is 17.7. The molecular weight excluding hydrogens is 352 g/mol. The van der Waals surface area contributed by atoms with Gasteiger partial charge in [0, 0.05) is 28.5 Å². The summed E-state index contributed by atoms with van der Waals surface area (Å²) in [5.41, 5.74) is 0.875. The Morgan fingerprint density at radius 2 is 1.92 bits per heavy atom. The highest BCUT2D eigenvalue weighted by atomic mass is 35.5. The fraction of sp³-hybridized carbons (Fsp3) is 0.0625. The summed E-state index contributed by atoms with van der Waals surface area (Å²) in [5, 5.41) is 13.0. The number of phenolic OH excluding ortho intramolecular Hbond substituents is 1. The number of carbonyl (C=O) groups excluding carboxylic acids is 1. The number of benzene rings is 2. The molecule has 2 aromatic carbocycles. The first-order valence-electron chi connectivity index (χ1n) is 6.84. The zero-order valence-electron chi connectivity index (χ0n) is 12.6. The van der Waals surface area contributed by atoms with Crippen molar-refractivity contribution in [2.75, 3.05) is 9.62 Å². The molecule has 8 heteroatoms. The number of halogens is 1. The molecule has 2 aromatic rings. The van der Waals surface area contributed by atoms with Gasteiger partial charge in [-0.1, -0.05) is 17.7 Å². The van der Waals surface area contributed by atoms with Crippen LogP contribution in [0.3, 0.4) is 0 Å². The number of rotatable bonds is 5. The molecule has 0 aromatic heterocycles. The summed E-state index contributed by atoms with van der Waals surface area (Å²) in [6, 6.07) is 10.5. The van der Waals surface area contributed by atoms with E-state index in [1.54, 1.807) is 37.3 Å². The van der Waals surface area contributed by atoms with Crippen LogP contribution in [0.5, 0.6) is 5.75 Å². The van der Waals surface area contributed by atoms with Gasteiger partial charge in [-0.2, -0.15) is 0 Å². The van der Waals surface area contributed by atoms with Crippen molar-refractivity contribution in [2.45, 2.75) is 6.92 Å². The third kappa shape index (κ3) is 4.58. The molecule has 0 saturated carbocycles. The lowest BCUT2D eigenvalue weighted by atomic mass is 10.1. The number of aromatic hydroxyl groups is 1. The highest BCUT2D eigenvalue weighted by Gasteiger charge is 2.15. The maximum absolute atomic E-state index is 12.3. The molecule has 0 aliphatic heterocycles. The number of phenols is 1. The second kappa shape index (κ2) is 7.96. The Hall–Kier alpha value is -2.35. The van der Waals surface area contributed by atoms with Crippen LogP contribution in [0.2, 0.25) is 5.02 Å². The molecule has 0 saturated heterocycles. The molecule has 1 unspecified atom stereocenters. The highest BCUT2D eigenvalue weighted by molar-refractivity contribution is 7.80. The van der Waals surface area contributed by atoms with Crippen molar-refractivity contribution in [2.24, 2.45) is 0 Å². The van der Waals surface area contributed by atoms with Crippen molar-refractivity contribution in [1.82, 2.24) is 0 Å². The van der Waals surface area contributed by atoms with Gasteiger partial charge in [-0.05, 0) is 43.3 Å². The SMILES string of the molecule is CC=CN(c1cc(O)cc(C(=O)Nc2ccc(Cl)cc2)c1)S(=O)O. The zero-order valence-corrected chi connectivity index (χ0v) is 14.2. The van der Waals surface area contributed by atoms with E-state index in [1.165, 1.54) is 24.4 Å². The number of allylic oxidation sites excluding steroid dienone is 1. The topological polar surface area (TPSA) is 89.9 Å². The predicted octanol–water partition coefficient (Wildman–Crippen LogP) is 3.77. The van der Waals surface area contributed by atoms with Gasteiger partial charge in [0.25, 0.3) is 17.2 Å². The van der Waals surface area contributed by atoms with Crippen LogP contribution in [0.1, 0.15) is 17.3 Å². The average molecular weight is 367 g/mol. The van der Waals surface area contributed by atoms with Crippen LogP contribution in [0.25, 0.3) is 0 Å². The minimum atomic E-state index is -2.34. The molecule has 24 heavy (non-hydrogen) atoms. The summed E-state index contributed by atoms with van der Waals surface area (Å²) in [6.07, 6.45) is 2.93. The lowest BCUT2D eigenvalue weighted by molar-refractivity contribution is 0.102. The molecule has 1 atom stereocenters. The lowest BCUT2D eigenvalue weighted by Crippen LogP contribution is -2.19. The van der Waals surface area contributed by atoms with Crippen LogP contribution in [-0.4, -0.2) is 19.8 Å². The molecule has 0 aliphatic carbocycles. The van der Waals surface area contributed by atoms with Gasteiger partial charge in [0.1, 0.15) is 5.75 Å². The van der Waals surface area contributed by atoms with E-state index in [-0.39, 0.29) is 17.0 Å². The largest absolute Gasteiger partial charge is 0.508 e. The summed E-state index contributed by atoms with van der Waals surface area (Å²) in [5.74, 6) is -0.674. The molecule has 126 valence electrons. The maximum atomic E-state index is 12.3. The van der Waals surface area contributed by atoms with Crippen molar-refractivity contribution in [3.05, 3.63) is 65.3 Å². The minimum Gasteiger partial charge on any atom is -0.508 e. The van der Waals surface area contributed by atoms with Gasteiger partial charge >= 0.3 is 0 Å². The second-order valence-corrected chi connectivity index (χ2v) is 6.03. The molecule has 0 aliphatic rings. The molecule has 0 radical (unpaired) electrons. The van der Waals surface area contributed by atoms with Crippen molar-refractivity contribution in [1.29, 1.82) is 0 Å². The molecule has 6 nitrogen and oxygen atoms in total. The van der Waals surface area contributed by atoms with E-state index in [0.29, 0.717) is 10.7 Å². The number of nitrogens with zero attached hydrogens (tertiary/aromatic N) is 1. The fourth-order valence-electron chi connectivity index (χ4n) is 1.95. The number of hydrogen-bond acceptors (Lipinski definition) is 3. The molecule has 0 bridgehead atoms. The summed E-state index contributed by atoms with van der Waals surface area (Å²) in [7, 11) is 0. The van der Waals surface area contributed by atoms with Crippen molar-refractivity contribution < 1.29 is 18.7 Å². The standard InChI is InChI=1S/C16H15ClN2O4S/c1-2-7-19(24(22)23)14-8-11(9-15(20)10-14)16(21)18-13-5-3-12(17)4-6-13/h2-10,20H,1H3,(H,18,21)(H,22,23). The maximum Gasteiger partial charge on any atom is 0.266 e.